The van der Waals surface area contributed by atoms with Crippen LogP contribution in [0.4, 0.5) is 0 Å². The fourth-order valence-corrected chi connectivity index (χ4v) is 7.22. The zero-order valence-electron chi connectivity index (χ0n) is 26.5. The van der Waals surface area contributed by atoms with Crippen LogP contribution in [0.3, 0.4) is 0 Å². The van der Waals surface area contributed by atoms with Crippen LogP contribution >= 0.6 is 0 Å². The van der Waals surface area contributed by atoms with Crippen LogP contribution in [0.2, 0.25) is 0 Å². The van der Waals surface area contributed by atoms with Gasteiger partial charge in [-0.25, -0.2) is 13.4 Å². The number of pyridine rings is 1. The number of nitrogens with zero attached hydrogens (tertiary/aromatic N) is 1. The molecule has 0 aliphatic carbocycles. The lowest BCUT2D eigenvalue weighted by Crippen LogP contribution is -2.63. The first-order valence-corrected chi connectivity index (χ1v) is 17.5. The van der Waals surface area contributed by atoms with Crippen LogP contribution < -0.4 is 0 Å². The normalized spacial score (nSPS) is 21.1. The van der Waals surface area contributed by atoms with Crippen molar-refractivity contribution in [2.24, 2.45) is 0 Å². The molecular weight excluding hydrogens is 626 g/mol. The number of benzene rings is 4. The van der Waals surface area contributed by atoms with E-state index < -0.39 is 39.7 Å². The maximum absolute atomic E-state index is 14.4. The van der Waals surface area contributed by atoms with E-state index in [4.69, 9.17) is 23.7 Å². The molecule has 0 spiro atoms. The minimum Gasteiger partial charge on any atom is -0.374 e. The van der Waals surface area contributed by atoms with E-state index in [2.05, 4.69) is 4.98 Å². The predicted molar refractivity (Wildman–Crippen MR) is 181 cm³/mol. The van der Waals surface area contributed by atoms with Crippen molar-refractivity contribution < 1.29 is 32.1 Å². The molecule has 5 atom stereocenters. The maximum Gasteiger partial charge on any atom is 0.225 e. The fourth-order valence-electron chi connectivity index (χ4n) is 5.63. The van der Waals surface area contributed by atoms with E-state index in [1.165, 1.54) is 12.3 Å². The maximum atomic E-state index is 14.4. The zero-order chi connectivity index (χ0) is 33.0. The molecule has 48 heavy (non-hydrogen) atoms. The van der Waals surface area contributed by atoms with Gasteiger partial charge in [-0.3, -0.25) is 0 Å². The monoisotopic (exact) mass is 665 g/mol. The van der Waals surface area contributed by atoms with Gasteiger partial charge in [0.05, 0.1) is 33.0 Å². The van der Waals surface area contributed by atoms with Gasteiger partial charge >= 0.3 is 0 Å². The van der Waals surface area contributed by atoms with Crippen molar-refractivity contribution >= 4 is 9.84 Å². The summed E-state index contributed by atoms with van der Waals surface area (Å²) in [5.41, 5.74) is 2.28. The highest BCUT2D eigenvalue weighted by molar-refractivity contribution is 7.91. The number of hydrogen-bond acceptors (Lipinski definition) is 8. The van der Waals surface area contributed by atoms with Crippen molar-refractivity contribution in [1.82, 2.24) is 4.98 Å². The Bertz CT molecular complexity index is 1760. The summed E-state index contributed by atoms with van der Waals surface area (Å²) in [7, 11) is -4.18. The van der Waals surface area contributed by atoms with E-state index in [1.54, 1.807) is 12.1 Å². The molecule has 248 valence electrons. The molecule has 1 saturated heterocycles. The van der Waals surface area contributed by atoms with Crippen LogP contribution in [0, 0.1) is 0 Å². The first-order valence-electron chi connectivity index (χ1n) is 16.0. The minimum atomic E-state index is -4.18. The van der Waals surface area contributed by atoms with Gasteiger partial charge in [-0.1, -0.05) is 127 Å². The largest absolute Gasteiger partial charge is 0.374 e. The average molecular weight is 666 g/mol. The number of sulfone groups is 1. The summed E-state index contributed by atoms with van der Waals surface area (Å²) in [4.78, 5) is 4.19. The Morgan fingerprint density at radius 1 is 0.521 bits per heavy atom. The molecule has 0 radical (unpaired) electrons. The predicted octanol–water partition coefficient (Wildman–Crippen LogP) is 6.55. The molecule has 0 saturated carbocycles. The molecule has 1 aromatic heterocycles. The van der Waals surface area contributed by atoms with Crippen molar-refractivity contribution in [3.63, 3.8) is 0 Å². The molecule has 1 fully saturated rings. The van der Waals surface area contributed by atoms with Crippen molar-refractivity contribution in [3.8, 4) is 0 Å². The van der Waals surface area contributed by atoms with Crippen LogP contribution in [0.25, 0.3) is 0 Å². The van der Waals surface area contributed by atoms with Gasteiger partial charge in [-0.15, -0.1) is 0 Å². The van der Waals surface area contributed by atoms with Gasteiger partial charge in [0.25, 0.3) is 0 Å². The molecule has 0 N–H and O–H groups in total. The lowest BCUT2D eigenvalue weighted by Gasteiger charge is -2.45. The van der Waals surface area contributed by atoms with Gasteiger partial charge in [0.2, 0.25) is 9.84 Å². The Labute approximate surface area is 282 Å². The van der Waals surface area contributed by atoms with E-state index in [9.17, 15) is 8.42 Å². The molecular formula is C39H39NO7S. The van der Waals surface area contributed by atoms with E-state index in [0.717, 1.165) is 22.3 Å². The van der Waals surface area contributed by atoms with Gasteiger partial charge in [-0.05, 0) is 34.4 Å². The number of ether oxygens (including phenoxy) is 5. The second-order valence-electron chi connectivity index (χ2n) is 11.5. The molecule has 8 nitrogen and oxygen atoms in total. The fraction of sp³-hybridized carbons (Fsp3) is 0.256. The summed E-state index contributed by atoms with van der Waals surface area (Å²) < 4.78 is 61.2. The molecule has 1 aliphatic heterocycles. The van der Waals surface area contributed by atoms with Crippen LogP contribution in [0.15, 0.2) is 151 Å². The standard InChI is InChI=1S/C39H39NO7S/c41-48(42,35-23-13-14-24-40-35)39-38(46-28-33-21-11-4-12-22-33)37(45-27-32-19-9-3-10-20-32)36(44-26-31-17-7-2-8-18-31)34(47-39)29-43-25-30-15-5-1-6-16-30/h1-24,34,36-39H,25-29H2/t34-,36+,37+,38+,39+/m1/s1. The highest BCUT2D eigenvalue weighted by atomic mass is 32.2. The molecule has 5 aromatic rings. The quantitative estimate of drug-likeness (QED) is 0.124. The third-order valence-corrected chi connectivity index (χ3v) is 9.89. The van der Waals surface area contributed by atoms with Gasteiger partial charge in [-0.2, -0.15) is 0 Å². The summed E-state index contributed by atoms with van der Waals surface area (Å²) in [5, 5.41) is -0.113. The molecule has 2 heterocycles. The van der Waals surface area contributed by atoms with E-state index in [0.29, 0.717) is 6.61 Å². The van der Waals surface area contributed by atoms with Crippen molar-refractivity contribution in [2.75, 3.05) is 6.61 Å². The number of hydrogen-bond donors (Lipinski definition) is 0. The first kappa shape index (κ1) is 33.7. The Hall–Kier alpha value is -4.22. The van der Waals surface area contributed by atoms with E-state index in [-0.39, 0.29) is 31.5 Å². The highest BCUT2D eigenvalue weighted by Gasteiger charge is 2.53. The second-order valence-corrected chi connectivity index (χ2v) is 13.5. The molecule has 0 amide bonds. The highest BCUT2D eigenvalue weighted by Crippen LogP contribution is 2.35. The third-order valence-electron chi connectivity index (χ3n) is 8.08. The summed E-state index contributed by atoms with van der Waals surface area (Å²) in [5.74, 6) is 0. The third kappa shape index (κ3) is 8.82. The lowest BCUT2D eigenvalue weighted by molar-refractivity contribution is -0.256. The molecule has 0 unspecified atom stereocenters. The van der Waals surface area contributed by atoms with Crippen LogP contribution in [0.5, 0.6) is 0 Å². The van der Waals surface area contributed by atoms with Crippen LogP contribution in [0.1, 0.15) is 22.3 Å². The minimum absolute atomic E-state index is 0.0548. The van der Waals surface area contributed by atoms with E-state index >= 15 is 0 Å². The molecule has 6 rings (SSSR count). The van der Waals surface area contributed by atoms with Crippen LogP contribution in [-0.2, 0) is 59.9 Å². The number of aromatic nitrogens is 1. The van der Waals surface area contributed by atoms with Crippen molar-refractivity contribution in [3.05, 3.63) is 168 Å². The molecule has 9 heteroatoms. The smallest absolute Gasteiger partial charge is 0.225 e. The molecule has 1 aliphatic rings. The Kier molecular flexibility index (Phi) is 11.7. The average Bonchev–Trinajstić information content (AvgIpc) is 3.14. The van der Waals surface area contributed by atoms with Gasteiger partial charge < -0.3 is 23.7 Å². The topological polar surface area (TPSA) is 93.2 Å². The number of rotatable bonds is 15. The second kappa shape index (κ2) is 16.7. The summed E-state index contributed by atoms with van der Waals surface area (Å²) >= 11 is 0. The lowest BCUT2D eigenvalue weighted by atomic mass is 9.98. The molecule has 4 aromatic carbocycles. The van der Waals surface area contributed by atoms with Gasteiger partial charge in [0.15, 0.2) is 10.5 Å². The van der Waals surface area contributed by atoms with E-state index in [1.807, 2.05) is 121 Å². The first-order chi connectivity index (χ1) is 23.6. The Balaban J connectivity index is 1.37. The summed E-state index contributed by atoms with van der Waals surface area (Å²) in [6.45, 7) is 0.954. The Morgan fingerprint density at radius 2 is 0.958 bits per heavy atom. The van der Waals surface area contributed by atoms with Crippen molar-refractivity contribution in [2.45, 2.75) is 61.3 Å². The summed E-state index contributed by atoms with van der Waals surface area (Å²) in [6.07, 6.45) is -2.06. The van der Waals surface area contributed by atoms with Crippen molar-refractivity contribution in [1.29, 1.82) is 0 Å². The summed E-state index contributed by atoms with van der Waals surface area (Å²) in [6, 6.07) is 43.6. The SMILES string of the molecule is O=S(=O)(c1ccccn1)[C@@H]1O[C@H](COCc2ccccc2)[C@H](OCc2ccccc2)[C@H](OCc2ccccc2)[C@@H]1OCc1ccccc1. The van der Waals surface area contributed by atoms with Gasteiger partial charge in [0.1, 0.15) is 24.4 Å². The Morgan fingerprint density at radius 3 is 1.44 bits per heavy atom. The van der Waals surface area contributed by atoms with Crippen LogP contribution in [-0.4, -0.2) is 49.9 Å². The van der Waals surface area contributed by atoms with Gasteiger partial charge in [0, 0.05) is 6.20 Å². The molecule has 0 bridgehead atoms. The zero-order valence-corrected chi connectivity index (χ0v) is 27.3.